The van der Waals surface area contributed by atoms with Gasteiger partial charge in [0.2, 0.25) is 0 Å². The summed E-state index contributed by atoms with van der Waals surface area (Å²) in [6.45, 7) is -2.26. The molecule has 0 bridgehead atoms. The number of ketones is 1. The van der Waals surface area contributed by atoms with Crippen LogP contribution in [0, 0.1) is 0 Å². The molecular weight excluding hydrogens is 383 g/mol. The lowest BCUT2D eigenvalue weighted by molar-refractivity contribution is -0.108. The topological polar surface area (TPSA) is 17.1 Å². The van der Waals surface area contributed by atoms with Crippen molar-refractivity contribution in [3.8, 4) is 0 Å². The van der Waals surface area contributed by atoms with Crippen LogP contribution in [-0.4, -0.2) is 11.6 Å². The number of carbonyl (C=O) groups is 1. The number of hydrogen-bond donors (Lipinski definition) is 0. The fourth-order valence-corrected chi connectivity index (χ4v) is 7.37. The number of carbonyl (C=O) groups excluding carboxylic acids is 1. The summed E-state index contributed by atoms with van der Waals surface area (Å²) in [6, 6.07) is 41.1. The Balaban J connectivity index is 1.94. The van der Waals surface area contributed by atoms with Gasteiger partial charge in [0.15, 0.2) is 5.78 Å². The van der Waals surface area contributed by atoms with Crippen LogP contribution in [0.3, 0.4) is 0 Å². The molecule has 4 aromatic carbocycles. The van der Waals surface area contributed by atoms with Crippen LogP contribution in [0.4, 0.5) is 0 Å². The van der Waals surface area contributed by atoms with Crippen molar-refractivity contribution in [3.05, 3.63) is 133 Å². The highest BCUT2D eigenvalue weighted by Gasteiger charge is 2.25. The number of hydrogen-bond acceptors (Lipinski definition) is 1. The summed E-state index contributed by atoms with van der Waals surface area (Å²) in [6.07, 6.45) is 3.56. The van der Waals surface area contributed by atoms with Gasteiger partial charge in [-0.1, -0.05) is 127 Å². The average Bonchev–Trinajstić information content (AvgIpc) is 2.83. The lowest BCUT2D eigenvalue weighted by Crippen LogP contribution is -2.28. The van der Waals surface area contributed by atoms with Gasteiger partial charge in [0.25, 0.3) is 0 Å². The second-order valence-corrected chi connectivity index (χ2v) is 10.3. The Labute approximate surface area is 178 Å². The maximum atomic E-state index is 13.2. The van der Waals surface area contributed by atoms with Crippen molar-refractivity contribution in [1.82, 2.24) is 0 Å². The number of benzene rings is 4. The van der Waals surface area contributed by atoms with E-state index in [-0.39, 0.29) is 5.78 Å². The molecule has 0 unspecified atom stereocenters. The molecule has 0 radical (unpaired) electrons. The van der Waals surface area contributed by atoms with Crippen molar-refractivity contribution in [3.63, 3.8) is 0 Å². The highest BCUT2D eigenvalue weighted by molar-refractivity contribution is 7.95. The molecule has 0 spiro atoms. The van der Waals surface area contributed by atoms with Gasteiger partial charge in [0.05, 0.1) is 0 Å². The summed E-state index contributed by atoms with van der Waals surface area (Å²) in [5, 5.41) is 3.51. The van der Waals surface area contributed by atoms with E-state index in [1.165, 1.54) is 15.9 Å². The molecule has 4 rings (SSSR count). The van der Waals surface area contributed by atoms with Gasteiger partial charge in [-0.15, -0.1) is 0 Å². The number of rotatable bonds is 6. The van der Waals surface area contributed by atoms with Gasteiger partial charge in [0, 0.05) is 0 Å². The van der Waals surface area contributed by atoms with Crippen molar-refractivity contribution in [2.45, 2.75) is 0 Å². The molecule has 0 aliphatic heterocycles. The predicted octanol–water partition coefficient (Wildman–Crippen LogP) is 5.07. The van der Waals surface area contributed by atoms with Gasteiger partial charge < -0.3 is 0 Å². The van der Waals surface area contributed by atoms with E-state index < -0.39 is 6.89 Å². The molecule has 0 aromatic heterocycles. The van der Waals surface area contributed by atoms with Crippen LogP contribution in [0.1, 0.15) is 5.56 Å². The minimum absolute atomic E-state index is 0.0174. The quantitative estimate of drug-likeness (QED) is 0.323. The summed E-state index contributed by atoms with van der Waals surface area (Å²) in [5.41, 5.74) is 1.02. The van der Waals surface area contributed by atoms with Crippen LogP contribution in [0.2, 0.25) is 0 Å². The Bertz CT molecular complexity index is 1080. The molecule has 2 heteroatoms. The van der Waals surface area contributed by atoms with E-state index in [2.05, 4.69) is 36.4 Å². The van der Waals surface area contributed by atoms with E-state index in [1.807, 2.05) is 96.8 Å². The van der Waals surface area contributed by atoms with E-state index in [0.717, 1.165) is 5.56 Å². The first-order valence-corrected chi connectivity index (χ1v) is 11.8. The molecule has 0 saturated heterocycles. The normalized spacial score (nSPS) is 11.3. The lowest BCUT2D eigenvalue weighted by Gasteiger charge is -2.28. The van der Waals surface area contributed by atoms with Gasteiger partial charge in [-0.05, 0) is 40.2 Å². The molecule has 0 heterocycles. The van der Waals surface area contributed by atoms with E-state index in [0.29, 0.717) is 0 Å². The first kappa shape index (κ1) is 19.9. The first-order chi connectivity index (χ1) is 14.8. The average molecular weight is 406 g/mol. The maximum absolute atomic E-state index is 13.2. The zero-order valence-electron chi connectivity index (χ0n) is 16.6. The lowest BCUT2D eigenvalue weighted by atomic mass is 10.2. The number of allylic oxidation sites excluding steroid dienone is 1. The maximum Gasteiger partial charge on any atom is 0.179 e. The summed E-state index contributed by atoms with van der Waals surface area (Å²) in [4.78, 5) is 13.2. The molecule has 0 amide bonds. The third-order valence-corrected chi connectivity index (χ3v) is 9.03. The monoisotopic (exact) mass is 406 g/mol. The predicted molar refractivity (Wildman–Crippen MR) is 132 cm³/mol. The molecule has 0 aliphatic rings. The second kappa shape index (κ2) is 9.39. The Hall–Kier alpha value is -3.41. The van der Waals surface area contributed by atoms with Crippen molar-refractivity contribution in [1.29, 1.82) is 0 Å². The van der Waals surface area contributed by atoms with Crippen LogP contribution in [-0.2, 0) is 4.79 Å². The third kappa shape index (κ3) is 4.27. The zero-order valence-corrected chi connectivity index (χ0v) is 17.5. The van der Waals surface area contributed by atoms with Crippen molar-refractivity contribution >= 4 is 40.5 Å². The van der Waals surface area contributed by atoms with Gasteiger partial charge in [0.1, 0.15) is 0 Å². The van der Waals surface area contributed by atoms with Crippen LogP contribution in [0.25, 0.3) is 6.08 Å². The molecule has 30 heavy (non-hydrogen) atoms. The van der Waals surface area contributed by atoms with Crippen LogP contribution >= 0.6 is 6.89 Å². The molecule has 0 aliphatic carbocycles. The summed E-state index contributed by atoms with van der Waals surface area (Å²) in [7, 11) is 0. The molecule has 0 fully saturated rings. The van der Waals surface area contributed by atoms with E-state index in [4.69, 9.17) is 0 Å². The van der Waals surface area contributed by atoms with Crippen molar-refractivity contribution in [2.75, 3.05) is 0 Å². The first-order valence-electron chi connectivity index (χ1n) is 9.98. The molecule has 146 valence electrons. The minimum Gasteiger partial charge on any atom is -0.290 e. The highest BCUT2D eigenvalue weighted by atomic mass is 31.2. The van der Waals surface area contributed by atoms with Gasteiger partial charge in [-0.3, -0.25) is 4.79 Å². The van der Waals surface area contributed by atoms with Crippen LogP contribution in [0.5, 0.6) is 0 Å². The summed E-state index contributed by atoms with van der Waals surface area (Å²) in [5.74, 6) is 1.97. The van der Waals surface area contributed by atoms with Gasteiger partial charge >= 0.3 is 0 Å². The highest BCUT2D eigenvalue weighted by Crippen LogP contribution is 2.43. The molecule has 4 aromatic rings. The van der Waals surface area contributed by atoms with Gasteiger partial charge in [-0.25, -0.2) is 0 Å². The van der Waals surface area contributed by atoms with E-state index in [9.17, 15) is 4.79 Å². The Morgan fingerprint density at radius 2 is 0.900 bits per heavy atom. The largest absolute Gasteiger partial charge is 0.290 e. The zero-order chi connectivity index (χ0) is 20.7. The van der Waals surface area contributed by atoms with Crippen molar-refractivity contribution in [2.24, 2.45) is 0 Å². The van der Waals surface area contributed by atoms with Crippen LogP contribution in [0.15, 0.2) is 127 Å². The summed E-state index contributed by atoms with van der Waals surface area (Å²) >= 11 is 0. The molecule has 0 saturated carbocycles. The molecular formula is C28H23OP. The molecule has 1 nitrogen and oxygen atoms in total. The molecule has 0 N–H and O–H groups in total. The Kier molecular flexibility index (Phi) is 6.23. The van der Waals surface area contributed by atoms with Crippen molar-refractivity contribution < 1.29 is 4.79 Å². The standard InChI is InChI=1S/C28H23OP/c29-25(22-21-24-13-5-1-6-14-24)23-30(26-15-7-2-8-16-26,27-17-9-3-10-18-27)28-19-11-4-12-20-28/h1-23H/b22-21-. The Morgan fingerprint density at radius 3 is 1.30 bits per heavy atom. The fourth-order valence-electron chi connectivity index (χ4n) is 3.64. The summed E-state index contributed by atoms with van der Waals surface area (Å²) < 4.78 is 0. The van der Waals surface area contributed by atoms with Crippen LogP contribution < -0.4 is 15.9 Å². The smallest absolute Gasteiger partial charge is 0.179 e. The van der Waals surface area contributed by atoms with Gasteiger partial charge in [-0.2, -0.15) is 0 Å². The fraction of sp³-hybridized carbons (Fsp3) is 0. The third-order valence-electron chi connectivity index (χ3n) is 5.05. The van der Waals surface area contributed by atoms with E-state index in [1.54, 1.807) is 6.08 Å². The van der Waals surface area contributed by atoms with E-state index >= 15 is 0 Å². The SMILES string of the molecule is O=C(C=P(c1ccccc1)(c1ccccc1)c1ccccc1)/C=C\c1ccccc1. The minimum atomic E-state index is -2.26. The Morgan fingerprint density at radius 1 is 0.533 bits per heavy atom. The molecule has 0 atom stereocenters. The second-order valence-electron chi connectivity index (χ2n) is 7.00.